The predicted molar refractivity (Wildman–Crippen MR) is 105 cm³/mol. The van der Waals surface area contributed by atoms with Crippen molar-refractivity contribution in [1.29, 1.82) is 0 Å². The Bertz CT molecular complexity index is 566. The Morgan fingerprint density at radius 2 is 1.85 bits per heavy atom. The summed E-state index contributed by atoms with van der Waals surface area (Å²) in [5, 5.41) is 8.78. The number of nitrogens with two attached hydrogens (primary N) is 2. The van der Waals surface area contributed by atoms with Crippen LogP contribution in [-0.4, -0.2) is 56.0 Å². The molecule has 0 saturated carbocycles. The van der Waals surface area contributed by atoms with Crippen LogP contribution in [-0.2, 0) is 4.79 Å². The van der Waals surface area contributed by atoms with Crippen LogP contribution >= 0.6 is 0 Å². The van der Waals surface area contributed by atoms with Crippen LogP contribution in [0.3, 0.4) is 0 Å². The van der Waals surface area contributed by atoms with E-state index in [0.717, 1.165) is 31.7 Å². The molecule has 2 rings (SSSR count). The van der Waals surface area contributed by atoms with Gasteiger partial charge < -0.3 is 32.3 Å². The highest BCUT2D eigenvalue weighted by Gasteiger charge is 2.16. The number of anilines is 1. The Balaban J connectivity index is 0.000000765. The van der Waals surface area contributed by atoms with Crippen LogP contribution in [0.2, 0.25) is 0 Å². The fourth-order valence-corrected chi connectivity index (χ4v) is 2.15. The summed E-state index contributed by atoms with van der Waals surface area (Å²) < 4.78 is 0. The number of nitrogens with zero attached hydrogens (tertiary/aromatic N) is 1. The lowest BCUT2D eigenvalue weighted by molar-refractivity contribution is -0.130. The van der Waals surface area contributed by atoms with E-state index < -0.39 is 0 Å². The fraction of sp³-hybridized carbons (Fsp3) is 0.444. The Morgan fingerprint density at radius 1 is 1.23 bits per heavy atom. The second-order valence-electron chi connectivity index (χ2n) is 5.68. The van der Waals surface area contributed by atoms with Gasteiger partial charge in [0.2, 0.25) is 5.91 Å². The molecule has 1 saturated heterocycles. The van der Waals surface area contributed by atoms with Crippen molar-refractivity contribution < 1.29 is 9.59 Å². The quantitative estimate of drug-likeness (QED) is 0.487. The number of amides is 2. The summed E-state index contributed by atoms with van der Waals surface area (Å²) >= 11 is 0. The van der Waals surface area contributed by atoms with E-state index in [0.29, 0.717) is 18.7 Å². The molecule has 0 spiro atoms. The highest BCUT2D eigenvalue weighted by molar-refractivity contribution is 5.96. The zero-order chi connectivity index (χ0) is 19.2. The fourth-order valence-electron chi connectivity index (χ4n) is 2.15. The minimum atomic E-state index is -0.260. The van der Waals surface area contributed by atoms with Crippen LogP contribution < -0.4 is 27.4 Å². The molecule has 8 heteroatoms. The van der Waals surface area contributed by atoms with Crippen molar-refractivity contribution >= 4 is 17.5 Å². The average Bonchev–Trinajstić information content (AvgIpc) is 2.71. The monoisotopic (exact) mass is 362 g/mol. The molecule has 0 aliphatic carbocycles. The molecule has 0 bridgehead atoms. The molecule has 2 amide bonds. The van der Waals surface area contributed by atoms with Crippen molar-refractivity contribution in [2.24, 2.45) is 11.5 Å². The number of hydrogen-bond acceptors (Lipinski definition) is 6. The van der Waals surface area contributed by atoms with E-state index in [1.165, 1.54) is 6.20 Å². The maximum absolute atomic E-state index is 12.0. The third-order valence-corrected chi connectivity index (χ3v) is 3.65. The highest BCUT2D eigenvalue weighted by Crippen LogP contribution is 2.09. The van der Waals surface area contributed by atoms with Crippen LogP contribution in [0.5, 0.6) is 0 Å². The van der Waals surface area contributed by atoms with E-state index in [2.05, 4.69) is 22.9 Å². The molecule has 26 heavy (non-hydrogen) atoms. The number of rotatable bonds is 6. The van der Waals surface area contributed by atoms with Crippen molar-refractivity contribution in [3.05, 3.63) is 42.2 Å². The molecule has 1 aliphatic heterocycles. The zero-order valence-corrected chi connectivity index (χ0v) is 15.3. The van der Waals surface area contributed by atoms with Gasteiger partial charge in [0.1, 0.15) is 0 Å². The van der Waals surface area contributed by atoms with Crippen molar-refractivity contribution in [3.63, 3.8) is 0 Å². The van der Waals surface area contributed by atoms with Gasteiger partial charge in [0.15, 0.2) is 0 Å². The molecule has 1 fully saturated rings. The van der Waals surface area contributed by atoms with E-state index in [4.69, 9.17) is 11.5 Å². The first kappa shape index (κ1) is 21.5. The van der Waals surface area contributed by atoms with E-state index in [-0.39, 0.29) is 18.4 Å². The molecule has 1 aromatic rings. The van der Waals surface area contributed by atoms with E-state index in [1.807, 2.05) is 0 Å². The van der Waals surface area contributed by atoms with Gasteiger partial charge in [-0.1, -0.05) is 6.92 Å². The zero-order valence-electron chi connectivity index (χ0n) is 15.3. The first-order chi connectivity index (χ1) is 12.6. The molecule has 144 valence electrons. The number of piperazine rings is 1. The van der Waals surface area contributed by atoms with Crippen molar-refractivity contribution in [3.8, 4) is 0 Å². The lowest BCUT2D eigenvalue weighted by atomic mass is 10.2. The topological polar surface area (TPSA) is 126 Å². The lowest BCUT2D eigenvalue weighted by Crippen LogP contribution is -2.49. The summed E-state index contributed by atoms with van der Waals surface area (Å²) in [7, 11) is 0. The molecule has 0 radical (unpaired) electrons. The Hall–Kier alpha value is -2.58. The van der Waals surface area contributed by atoms with Gasteiger partial charge in [0.25, 0.3) is 5.91 Å². The SMILES string of the molecule is CCCN.N/C=C\Nc1ccc(C(=O)NCC(=O)N2CCNCC2)cc1. The average molecular weight is 362 g/mol. The van der Waals surface area contributed by atoms with Crippen LogP contribution in [0.1, 0.15) is 23.7 Å². The largest absolute Gasteiger partial charge is 0.403 e. The number of hydrogen-bond donors (Lipinski definition) is 5. The van der Waals surface area contributed by atoms with Gasteiger partial charge in [0.05, 0.1) is 6.54 Å². The first-order valence-corrected chi connectivity index (χ1v) is 8.82. The second kappa shape index (κ2) is 12.7. The predicted octanol–water partition coefficient (Wildman–Crippen LogP) is 0.0451. The summed E-state index contributed by atoms with van der Waals surface area (Å²) in [5.41, 5.74) is 11.6. The van der Waals surface area contributed by atoms with E-state index in [1.54, 1.807) is 35.4 Å². The van der Waals surface area contributed by atoms with Gasteiger partial charge in [-0.15, -0.1) is 0 Å². The molecule has 8 nitrogen and oxygen atoms in total. The molecule has 1 aromatic carbocycles. The van der Waals surface area contributed by atoms with Crippen molar-refractivity contribution in [1.82, 2.24) is 15.5 Å². The van der Waals surface area contributed by atoms with E-state index >= 15 is 0 Å². The molecular formula is C18H30N6O2. The summed E-state index contributed by atoms with van der Waals surface area (Å²) in [4.78, 5) is 25.7. The molecule has 0 unspecified atom stereocenters. The molecular weight excluding hydrogens is 332 g/mol. The maximum atomic E-state index is 12.0. The van der Waals surface area contributed by atoms with Gasteiger partial charge in [-0.05, 0) is 37.2 Å². The Morgan fingerprint density at radius 3 is 2.38 bits per heavy atom. The van der Waals surface area contributed by atoms with Gasteiger partial charge >= 0.3 is 0 Å². The van der Waals surface area contributed by atoms with Crippen LogP contribution in [0.15, 0.2) is 36.7 Å². The van der Waals surface area contributed by atoms with Gasteiger partial charge in [-0.3, -0.25) is 9.59 Å². The van der Waals surface area contributed by atoms with Crippen molar-refractivity contribution in [2.45, 2.75) is 13.3 Å². The minimum absolute atomic E-state index is 0.0226. The summed E-state index contributed by atoms with van der Waals surface area (Å²) in [5.74, 6) is -0.314. The minimum Gasteiger partial charge on any atom is -0.403 e. The number of carbonyl (C=O) groups excluding carboxylic acids is 2. The Labute approximate surface area is 155 Å². The standard InChI is InChI=1S/C15H21N5O2.C3H9N/c16-5-6-18-13-3-1-12(2-4-13)15(22)19-11-14(21)20-9-7-17-8-10-20;1-2-3-4/h1-6,17-18H,7-11,16H2,(H,19,22);2-4H2,1H3/b6-5-;. The summed E-state index contributed by atoms with van der Waals surface area (Å²) in [6.45, 7) is 5.86. The summed E-state index contributed by atoms with van der Waals surface area (Å²) in [6.07, 6.45) is 4.09. The third kappa shape index (κ3) is 8.00. The molecule has 7 N–H and O–H groups in total. The molecule has 1 aliphatic rings. The van der Waals surface area contributed by atoms with E-state index in [9.17, 15) is 9.59 Å². The lowest BCUT2D eigenvalue weighted by Gasteiger charge is -2.27. The molecule has 0 atom stereocenters. The third-order valence-electron chi connectivity index (χ3n) is 3.65. The number of carbonyl (C=O) groups is 2. The maximum Gasteiger partial charge on any atom is 0.251 e. The second-order valence-corrected chi connectivity index (χ2v) is 5.68. The first-order valence-electron chi connectivity index (χ1n) is 8.82. The number of benzene rings is 1. The Kier molecular flexibility index (Phi) is 10.5. The smallest absolute Gasteiger partial charge is 0.251 e. The van der Waals surface area contributed by atoms with Gasteiger partial charge in [-0.2, -0.15) is 0 Å². The van der Waals surface area contributed by atoms with Crippen LogP contribution in [0.4, 0.5) is 5.69 Å². The van der Waals surface area contributed by atoms with Gasteiger partial charge in [0, 0.05) is 49.8 Å². The van der Waals surface area contributed by atoms with Crippen molar-refractivity contribution in [2.75, 3.05) is 44.6 Å². The normalized spacial score (nSPS) is 13.7. The van der Waals surface area contributed by atoms with Gasteiger partial charge in [-0.25, -0.2) is 0 Å². The molecule has 1 heterocycles. The summed E-state index contributed by atoms with van der Waals surface area (Å²) in [6, 6.07) is 6.93. The molecule has 0 aromatic heterocycles. The van der Waals surface area contributed by atoms with Crippen LogP contribution in [0, 0.1) is 0 Å². The van der Waals surface area contributed by atoms with Crippen LogP contribution in [0.25, 0.3) is 0 Å². The number of nitrogens with one attached hydrogen (secondary N) is 3. The highest BCUT2D eigenvalue weighted by atomic mass is 16.2.